The van der Waals surface area contributed by atoms with E-state index in [-0.39, 0.29) is 17.9 Å². The van der Waals surface area contributed by atoms with Crippen LogP contribution in [0.15, 0.2) is 121 Å². The fraction of sp³-hybridized carbons (Fsp3) is 0.0323. The normalized spacial score (nSPS) is 11.1. The number of hydrogen-bond acceptors (Lipinski definition) is 6. The highest BCUT2D eigenvalue weighted by Gasteiger charge is 2.18. The summed E-state index contributed by atoms with van der Waals surface area (Å²) in [5.74, 6) is -0.971. The van der Waals surface area contributed by atoms with Gasteiger partial charge in [0.25, 0.3) is 17.5 Å². The number of nitrogens with one attached hydrogen (secondary N) is 2. The molecule has 10 heteroatoms. The molecule has 2 aromatic heterocycles. The molecule has 0 aliphatic heterocycles. The van der Waals surface area contributed by atoms with Gasteiger partial charge in [-0.15, -0.1) is 0 Å². The van der Waals surface area contributed by atoms with Crippen molar-refractivity contribution in [3.05, 3.63) is 148 Å². The van der Waals surface area contributed by atoms with Crippen molar-refractivity contribution >= 4 is 23.6 Å². The summed E-state index contributed by atoms with van der Waals surface area (Å²) in [7, 11) is 0. The zero-order chi connectivity index (χ0) is 28.6. The largest absolute Gasteiger partial charge is 0.347 e. The molecule has 2 amide bonds. The second kappa shape index (κ2) is 12.3. The van der Waals surface area contributed by atoms with E-state index in [4.69, 9.17) is 5.10 Å². The van der Waals surface area contributed by atoms with Crippen molar-refractivity contribution in [3.8, 4) is 16.9 Å². The molecular formula is C31H24N6O4. The van der Waals surface area contributed by atoms with Gasteiger partial charge in [0.05, 0.1) is 10.6 Å². The van der Waals surface area contributed by atoms with E-state index in [1.807, 2.05) is 36.4 Å². The van der Waals surface area contributed by atoms with Gasteiger partial charge in [0.2, 0.25) is 0 Å². The third-order valence-electron chi connectivity index (χ3n) is 6.12. The van der Waals surface area contributed by atoms with Crippen LogP contribution in [0.1, 0.15) is 21.5 Å². The second-order valence-corrected chi connectivity index (χ2v) is 8.94. The van der Waals surface area contributed by atoms with Crippen LogP contribution in [0.5, 0.6) is 0 Å². The molecule has 3 aromatic carbocycles. The number of pyridine rings is 1. The van der Waals surface area contributed by atoms with Gasteiger partial charge < -0.3 is 10.6 Å². The first-order valence-electron chi connectivity index (χ1n) is 12.6. The van der Waals surface area contributed by atoms with Gasteiger partial charge in [0.1, 0.15) is 11.4 Å². The molecule has 0 atom stereocenters. The Labute approximate surface area is 235 Å². The first-order valence-corrected chi connectivity index (χ1v) is 12.6. The van der Waals surface area contributed by atoms with Crippen molar-refractivity contribution in [2.75, 3.05) is 0 Å². The van der Waals surface area contributed by atoms with Crippen LogP contribution < -0.4 is 10.6 Å². The van der Waals surface area contributed by atoms with Crippen LogP contribution in [0.25, 0.3) is 23.0 Å². The number of nitro groups is 1. The van der Waals surface area contributed by atoms with Gasteiger partial charge in [-0.25, -0.2) is 4.68 Å². The summed E-state index contributed by atoms with van der Waals surface area (Å²) in [4.78, 5) is 41.3. The minimum absolute atomic E-state index is 0.00137. The lowest BCUT2D eigenvalue weighted by Crippen LogP contribution is -2.34. The molecule has 5 aromatic rings. The number of rotatable bonds is 9. The molecule has 0 saturated heterocycles. The zero-order valence-electron chi connectivity index (χ0n) is 21.7. The summed E-state index contributed by atoms with van der Waals surface area (Å²) >= 11 is 0. The molecule has 0 aliphatic rings. The van der Waals surface area contributed by atoms with Gasteiger partial charge in [-0.2, -0.15) is 5.10 Å². The summed E-state index contributed by atoms with van der Waals surface area (Å²) < 4.78 is 1.65. The Hall–Kier alpha value is -5.90. The number of nitro benzene ring substituents is 1. The van der Waals surface area contributed by atoms with Crippen LogP contribution in [0.4, 0.5) is 5.69 Å². The van der Waals surface area contributed by atoms with Gasteiger partial charge in [0.15, 0.2) is 0 Å². The molecular weight excluding hydrogens is 520 g/mol. The number of carbonyl (C=O) groups excluding carboxylic acids is 2. The van der Waals surface area contributed by atoms with E-state index in [0.29, 0.717) is 22.4 Å². The van der Waals surface area contributed by atoms with Crippen LogP contribution in [0.3, 0.4) is 0 Å². The lowest BCUT2D eigenvalue weighted by molar-refractivity contribution is -0.384. The quantitative estimate of drug-likeness (QED) is 0.154. The topological polar surface area (TPSA) is 132 Å². The molecule has 0 saturated carbocycles. The second-order valence-electron chi connectivity index (χ2n) is 8.94. The number of para-hydroxylation sites is 1. The molecule has 41 heavy (non-hydrogen) atoms. The van der Waals surface area contributed by atoms with Crippen molar-refractivity contribution < 1.29 is 14.5 Å². The van der Waals surface area contributed by atoms with Gasteiger partial charge in [-0.3, -0.25) is 24.7 Å². The molecule has 0 unspecified atom stereocenters. The van der Waals surface area contributed by atoms with E-state index in [2.05, 4.69) is 15.6 Å². The Balaban J connectivity index is 1.56. The third kappa shape index (κ3) is 6.58. The maximum absolute atomic E-state index is 13.4. The van der Waals surface area contributed by atoms with E-state index in [1.165, 1.54) is 12.1 Å². The molecule has 0 bridgehead atoms. The van der Waals surface area contributed by atoms with Crippen LogP contribution in [0.2, 0.25) is 0 Å². The molecule has 10 nitrogen and oxygen atoms in total. The minimum Gasteiger partial charge on any atom is -0.347 e. The highest BCUT2D eigenvalue weighted by atomic mass is 16.6. The van der Waals surface area contributed by atoms with E-state index in [9.17, 15) is 19.7 Å². The van der Waals surface area contributed by atoms with Crippen molar-refractivity contribution in [2.45, 2.75) is 6.54 Å². The number of aromatic nitrogens is 3. The van der Waals surface area contributed by atoms with Crippen LogP contribution in [0, 0.1) is 10.1 Å². The van der Waals surface area contributed by atoms with Crippen LogP contribution in [-0.4, -0.2) is 31.5 Å². The maximum Gasteiger partial charge on any atom is 0.269 e. The molecule has 2 heterocycles. The number of amides is 2. The number of benzene rings is 3. The predicted molar refractivity (Wildman–Crippen MR) is 154 cm³/mol. The maximum atomic E-state index is 13.4. The summed E-state index contributed by atoms with van der Waals surface area (Å²) in [6.45, 7) is 0.198. The highest BCUT2D eigenvalue weighted by Crippen LogP contribution is 2.27. The molecule has 2 N–H and O–H groups in total. The summed E-state index contributed by atoms with van der Waals surface area (Å²) in [6.07, 6.45) is 6.56. The van der Waals surface area contributed by atoms with Gasteiger partial charge in [-0.05, 0) is 54.1 Å². The number of hydrogen-bond donors (Lipinski definition) is 2. The Morgan fingerprint density at radius 1 is 0.902 bits per heavy atom. The Morgan fingerprint density at radius 2 is 1.61 bits per heavy atom. The van der Waals surface area contributed by atoms with Gasteiger partial charge >= 0.3 is 0 Å². The Bertz CT molecular complexity index is 1700. The number of non-ortho nitro benzene ring substituents is 1. The van der Waals surface area contributed by atoms with E-state index in [0.717, 1.165) is 11.3 Å². The average molecular weight is 545 g/mol. The molecule has 0 aliphatic carbocycles. The van der Waals surface area contributed by atoms with Crippen molar-refractivity contribution in [1.29, 1.82) is 0 Å². The summed E-state index contributed by atoms with van der Waals surface area (Å²) in [5.41, 5.74) is 3.47. The molecule has 5 rings (SSSR count). The van der Waals surface area contributed by atoms with Crippen molar-refractivity contribution in [1.82, 2.24) is 25.4 Å². The van der Waals surface area contributed by atoms with Crippen LogP contribution >= 0.6 is 0 Å². The van der Waals surface area contributed by atoms with Crippen molar-refractivity contribution in [2.24, 2.45) is 0 Å². The lowest BCUT2D eigenvalue weighted by Gasteiger charge is -2.11. The summed E-state index contributed by atoms with van der Waals surface area (Å²) in [6, 6.07) is 27.5. The van der Waals surface area contributed by atoms with Gasteiger partial charge in [0, 0.05) is 54.0 Å². The molecule has 202 valence electrons. The van der Waals surface area contributed by atoms with E-state index in [1.54, 1.807) is 77.9 Å². The fourth-order valence-corrected chi connectivity index (χ4v) is 4.05. The number of nitrogens with zero attached hydrogens (tertiary/aromatic N) is 4. The summed E-state index contributed by atoms with van der Waals surface area (Å²) in [5, 5.41) is 21.5. The number of carbonyl (C=O) groups is 2. The van der Waals surface area contributed by atoms with Crippen LogP contribution in [-0.2, 0) is 11.3 Å². The monoisotopic (exact) mass is 544 g/mol. The van der Waals surface area contributed by atoms with Gasteiger partial charge in [-0.1, -0.05) is 42.5 Å². The Morgan fingerprint density at radius 3 is 2.27 bits per heavy atom. The third-order valence-corrected chi connectivity index (χ3v) is 6.12. The molecule has 0 fully saturated rings. The Kier molecular flexibility index (Phi) is 8.01. The SMILES string of the molecule is O=C(NCc1cccnc1)/C(=C/c1cn(-c2ccccc2)nc1-c1ccc([N+](=O)[O-])cc1)NC(=O)c1ccccc1. The lowest BCUT2D eigenvalue weighted by atomic mass is 10.1. The molecule has 0 radical (unpaired) electrons. The van der Waals surface area contributed by atoms with Crippen molar-refractivity contribution in [3.63, 3.8) is 0 Å². The highest BCUT2D eigenvalue weighted by molar-refractivity contribution is 6.05. The standard InChI is InChI=1S/C31H24N6O4/c38-30(24-9-3-1-4-10-24)34-28(31(39)33-20-22-8-7-17-32-19-22)18-25-21-36(26-11-5-2-6-12-26)35-29(25)23-13-15-27(16-14-23)37(40)41/h1-19,21H,20H2,(H,33,39)(H,34,38)/b28-18-. The first kappa shape index (κ1) is 26.7. The smallest absolute Gasteiger partial charge is 0.269 e. The minimum atomic E-state index is -0.514. The fourth-order valence-electron chi connectivity index (χ4n) is 4.05. The van der Waals surface area contributed by atoms with E-state index < -0.39 is 16.7 Å². The van der Waals surface area contributed by atoms with E-state index >= 15 is 0 Å². The zero-order valence-corrected chi connectivity index (χ0v) is 21.7. The molecule has 0 spiro atoms. The average Bonchev–Trinajstić information content (AvgIpc) is 3.44. The first-order chi connectivity index (χ1) is 20.0. The predicted octanol–water partition coefficient (Wildman–Crippen LogP) is 4.93.